The van der Waals surface area contributed by atoms with Crippen LogP contribution in [0.3, 0.4) is 0 Å². The minimum absolute atomic E-state index is 0.329. The fraction of sp³-hybridized carbons (Fsp3) is 0.529. The highest BCUT2D eigenvalue weighted by atomic mass is 16.5. The smallest absolute Gasteiger partial charge is 0.224 e. The first kappa shape index (κ1) is 15.0. The number of aliphatic hydroxyl groups excluding tert-OH is 1. The standard InChI is InChI=1S/C17H23N3O2/c1-22-17-15(3-2-8-19-17)16-18-9-10-20(16)11-13-4-6-14(12-21)7-5-13/h2-3,8-10,13-14,21H,4-7,11-12H2,1H3. The van der Waals surface area contributed by atoms with Gasteiger partial charge in [-0.15, -0.1) is 0 Å². The van der Waals surface area contributed by atoms with Crippen molar-refractivity contribution >= 4 is 0 Å². The zero-order valence-corrected chi connectivity index (χ0v) is 13.0. The van der Waals surface area contributed by atoms with Crippen molar-refractivity contribution in [2.45, 2.75) is 32.2 Å². The van der Waals surface area contributed by atoms with Gasteiger partial charge in [-0.05, 0) is 49.7 Å². The molecule has 0 bridgehead atoms. The summed E-state index contributed by atoms with van der Waals surface area (Å²) in [4.78, 5) is 8.75. The molecule has 1 fully saturated rings. The highest BCUT2D eigenvalue weighted by molar-refractivity contribution is 5.61. The Morgan fingerprint density at radius 1 is 1.18 bits per heavy atom. The molecule has 1 saturated carbocycles. The summed E-state index contributed by atoms with van der Waals surface area (Å²) < 4.78 is 7.55. The van der Waals surface area contributed by atoms with Crippen LogP contribution in [0.15, 0.2) is 30.7 Å². The Bertz CT molecular complexity index is 603. The topological polar surface area (TPSA) is 60.2 Å². The van der Waals surface area contributed by atoms with Crippen LogP contribution in [0.5, 0.6) is 5.88 Å². The van der Waals surface area contributed by atoms with Gasteiger partial charge < -0.3 is 14.4 Å². The van der Waals surface area contributed by atoms with Crippen LogP contribution in [0.2, 0.25) is 0 Å². The second-order valence-corrected chi connectivity index (χ2v) is 6.03. The molecule has 5 heteroatoms. The fourth-order valence-electron chi connectivity index (χ4n) is 3.30. The van der Waals surface area contributed by atoms with Gasteiger partial charge in [0, 0.05) is 31.7 Å². The van der Waals surface area contributed by atoms with Gasteiger partial charge in [0.05, 0.1) is 12.7 Å². The highest BCUT2D eigenvalue weighted by Gasteiger charge is 2.22. The van der Waals surface area contributed by atoms with Crippen molar-refractivity contribution in [3.8, 4) is 17.3 Å². The average molecular weight is 301 g/mol. The first-order valence-corrected chi connectivity index (χ1v) is 7.93. The number of aliphatic hydroxyl groups is 1. The van der Waals surface area contributed by atoms with Crippen LogP contribution in [0.25, 0.3) is 11.4 Å². The van der Waals surface area contributed by atoms with E-state index < -0.39 is 0 Å². The predicted molar refractivity (Wildman–Crippen MR) is 84.5 cm³/mol. The minimum Gasteiger partial charge on any atom is -0.480 e. The van der Waals surface area contributed by atoms with Crippen LogP contribution in [0.1, 0.15) is 25.7 Å². The molecule has 118 valence electrons. The fourth-order valence-corrected chi connectivity index (χ4v) is 3.30. The quantitative estimate of drug-likeness (QED) is 0.922. The Balaban J connectivity index is 1.75. The first-order chi connectivity index (χ1) is 10.8. The Morgan fingerprint density at radius 2 is 1.95 bits per heavy atom. The molecule has 0 atom stereocenters. The van der Waals surface area contributed by atoms with E-state index in [9.17, 15) is 5.11 Å². The lowest BCUT2D eigenvalue weighted by Gasteiger charge is -2.27. The molecule has 3 rings (SSSR count). The van der Waals surface area contributed by atoms with Crippen LogP contribution in [-0.2, 0) is 6.54 Å². The van der Waals surface area contributed by atoms with E-state index in [1.807, 2.05) is 24.5 Å². The molecular formula is C17H23N3O2. The second kappa shape index (κ2) is 6.92. The lowest BCUT2D eigenvalue weighted by atomic mass is 9.82. The van der Waals surface area contributed by atoms with Gasteiger partial charge >= 0.3 is 0 Å². The SMILES string of the molecule is COc1ncccc1-c1nccn1CC1CCC(CO)CC1. The van der Waals surface area contributed by atoms with E-state index in [1.165, 1.54) is 12.8 Å². The Hall–Kier alpha value is -1.88. The molecule has 0 unspecified atom stereocenters. The number of hydrogen-bond acceptors (Lipinski definition) is 4. The van der Waals surface area contributed by atoms with Gasteiger partial charge in [0.1, 0.15) is 5.82 Å². The number of hydrogen-bond donors (Lipinski definition) is 1. The van der Waals surface area contributed by atoms with Crippen molar-refractivity contribution in [2.24, 2.45) is 11.8 Å². The molecule has 1 aliphatic carbocycles. The van der Waals surface area contributed by atoms with Gasteiger partial charge in [-0.2, -0.15) is 0 Å². The number of aromatic nitrogens is 3. The van der Waals surface area contributed by atoms with E-state index in [0.29, 0.717) is 24.3 Å². The summed E-state index contributed by atoms with van der Waals surface area (Å²) in [6.07, 6.45) is 10.2. The van der Waals surface area contributed by atoms with Gasteiger partial charge in [-0.25, -0.2) is 9.97 Å². The third-order valence-electron chi connectivity index (χ3n) is 4.60. The van der Waals surface area contributed by atoms with Crippen molar-refractivity contribution in [1.29, 1.82) is 0 Å². The summed E-state index contributed by atoms with van der Waals surface area (Å²) in [6.45, 7) is 1.29. The lowest BCUT2D eigenvalue weighted by molar-refractivity contribution is 0.161. The van der Waals surface area contributed by atoms with Crippen molar-refractivity contribution < 1.29 is 9.84 Å². The van der Waals surface area contributed by atoms with Crippen LogP contribution in [-0.4, -0.2) is 33.4 Å². The van der Waals surface area contributed by atoms with E-state index >= 15 is 0 Å². The maximum absolute atomic E-state index is 9.25. The zero-order chi connectivity index (χ0) is 15.4. The molecule has 0 spiro atoms. The summed E-state index contributed by atoms with van der Waals surface area (Å²) in [5, 5.41) is 9.25. The largest absolute Gasteiger partial charge is 0.480 e. The van der Waals surface area contributed by atoms with E-state index in [2.05, 4.69) is 14.5 Å². The predicted octanol–water partition coefficient (Wildman–Crippen LogP) is 2.75. The Morgan fingerprint density at radius 3 is 2.68 bits per heavy atom. The molecule has 2 aromatic rings. The number of rotatable bonds is 5. The number of methoxy groups -OCH3 is 1. The van der Waals surface area contributed by atoms with Crippen molar-refractivity contribution in [3.05, 3.63) is 30.7 Å². The van der Waals surface area contributed by atoms with Gasteiger partial charge in [0.2, 0.25) is 5.88 Å². The van der Waals surface area contributed by atoms with E-state index in [1.54, 1.807) is 13.3 Å². The van der Waals surface area contributed by atoms with Crippen LogP contribution in [0, 0.1) is 11.8 Å². The normalized spacial score (nSPS) is 21.7. The molecular weight excluding hydrogens is 278 g/mol. The molecule has 0 aromatic carbocycles. The maximum atomic E-state index is 9.25. The van der Waals surface area contributed by atoms with Crippen molar-refractivity contribution in [3.63, 3.8) is 0 Å². The maximum Gasteiger partial charge on any atom is 0.224 e. The lowest BCUT2D eigenvalue weighted by Crippen LogP contribution is -2.21. The van der Waals surface area contributed by atoms with Gasteiger partial charge in [-0.3, -0.25) is 0 Å². The first-order valence-electron chi connectivity index (χ1n) is 7.93. The minimum atomic E-state index is 0.329. The summed E-state index contributed by atoms with van der Waals surface area (Å²) in [6, 6.07) is 3.90. The molecule has 0 saturated heterocycles. The molecule has 5 nitrogen and oxygen atoms in total. The number of ether oxygens (including phenoxy) is 1. The van der Waals surface area contributed by atoms with E-state index in [4.69, 9.17) is 4.74 Å². The average Bonchev–Trinajstić information content (AvgIpc) is 3.03. The summed E-state index contributed by atoms with van der Waals surface area (Å²) in [5.41, 5.74) is 0.930. The Kier molecular flexibility index (Phi) is 4.73. The van der Waals surface area contributed by atoms with Crippen LogP contribution < -0.4 is 4.74 Å². The van der Waals surface area contributed by atoms with E-state index in [-0.39, 0.29) is 0 Å². The molecule has 22 heavy (non-hydrogen) atoms. The zero-order valence-electron chi connectivity index (χ0n) is 13.0. The summed E-state index contributed by atoms with van der Waals surface area (Å²) in [5.74, 6) is 2.67. The van der Waals surface area contributed by atoms with Crippen molar-refractivity contribution in [1.82, 2.24) is 14.5 Å². The van der Waals surface area contributed by atoms with Crippen molar-refractivity contribution in [2.75, 3.05) is 13.7 Å². The Labute approximate surface area is 131 Å². The van der Waals surface area contributed by atoms with E-state index in [0.717, 1.165) is 30.8 Å². The monoisotopic (exact) mass is 301 g/mol. The number of imidazole rings is 1. The van der Waals surface area contributed by atoms with Crippen LogP contribution >= 0.6 is 0 Å². The summed E-state index contributed by atoms with van der Waals surface area (Å²) >= 11 is 0. The molecule has 2 heterocycles. The third-order valence-corrected chi connectivity index (χ3v) is 4.60. The third kappa shape index (κ3) is 3.14. The number of nitrogens with zero attached hydrogens (tertiary/aromatic N) is 3. The molecule has 1 N–H and O–H groups in total. The summed E-state index contributed by atoms with van der Waals surface area (Å²) in [7, 11) is 1.63. The van der Waals surface area contributed by atoms with Gasteiger partial charge in [-0.1, -0.05) is 0 Å². The molecule has 2 aromatic heterocycles. The van der Waals surface area contributed by atoms with Crippen LogP contribution in [0.4, 0.5) is 0 Å². The second-order valence-electron chi connectivity index (χ2n) is 6.03. The number of pyridine rings is 1. The molecule has 0 aliphatic heterocycles. The van der Waals surface area contributed by atoms with Gasteiger partial charge in [0.15, 0.2) is 0 Å². The molecule has 0 radical (unpaired) electrons. The molecule has 0 amide bonds. The molecule has 1 aliphatic rings. The van der Waals surface area contributed by atoms with Gasteiger partial charge in [0.25, 0.3) is 0 Å². The highest BCUT2D eigenvalue weighted by Crippen LogP contribution is 2.32.